The fourth-order valence-electron chi connectivity index (χ4n) is 2.92. The first-order chi connectivity index (χ1) is 13.7. The molecule has 3 heterocycles. The molecule has 0 atom stereocenters. The zero-order valence-electron chi connectivity index (χ0n) is 15.1. The van der Waals surface area contributed by atoms with E-state index in [-0.39, 0.29) is 24.0 Å². The molecule has 2 aromatic heterocycles. The maximum atomic E-state index is 13.7. The Morgan fingerprint density at radius 3 is 2.75 bits per heavy atom. The van der Waals surface area contributed by atoms with Gasteiger partial charge in [0, 0.05) is 37.5 Å². The van der Waals surface area contributed by atoms with E-state index in [1.54, 1.807) is 29.0 Å². The Morgan fingerprint density at radius 2 is 1.93 bits per heavy atom. The van der Waals surface area contributed by atoms with Crippen LogP contribution < -0.4 is 10.2 Å². The summed E-state index contributed by atoms with van der Waals surface area (Å²) in [6.45, 7) is 2.95. The van der Waals surface area contributed by atoms with E-state index in [2.05, 4.69) is 25.2 Å². The van der Waals surface area contributed by atoms with Gasteiger partial charge in [0.05, 0.1) is 13.2 Å². The fourth-order valence-corrected chi connectivity index (χ4v) is 2.92. The average Bonchev–Trinajstić information content (AvgIpc) is 3.24. The molecule has 9 heteroatoms. The lowest BCUT2D eigenvalue weighted by molar-refractivity contribution is 0.0946. The van der Waals surface area contributed by atoms with Crippen molar-refractivity contribution < 1.29 is 13.9 Å². The summed E-state index contributed by atoms with van der Waals surface area (Å²) in [7, 11) is 0. The normalized spacial score (nSPS) is 14.1. The van der Waals surface area contributed by atoms with Gasteiger partial charge in [-0.3, -0.25) is 9.36 Å². The number of aromatic nitrogens is 4. The number of nitrogens with zero attached hydrogens (tertiary/aromatic N) is 5. The standard InChI is InChI=1S/C19H19FN6O2/c20-15-4-2-1-3-14(15)10-21-19(27)16-11-26(13-24-16)18-9-17(22-12-23-18)25-5-7-28-8-6-25/h1-4,9,11-13H,5-8,10H2,(H,21,27). The van der Waals surface area contributed by atoms with E-state index in [9.17, 15) is 9.18 Å². The number of amides is 1. The number of carbonyl (C=O) groups excluding carboxylic acids is 1. The molecule has 0 bridgehead atoms. The third-order valence-electron chi connectivity index (χ3n) is 4.45. The highest BCUT2D eigenvalue weighted by Crippen LogP contribution is 2.15. The van der Waals surface area contributed by atoms with Gasteiger partial charge in [-0.2, -0.15) is 0 Å². The zero-order valence-corrected chi connectivity index (χ0v) is 15.1. The molecule has 0 saturated carbocycles. The molecule has 28 heavy (non-hydrogen) atoms. The summed E-state index contributed by atoms with van der Waals surface area (Å²) in [6.07, 6.45) is 4.59. The molecule has 1 saturated heterocycles. The van der Waals surface area contributed by atoms with Gasteiger partial charge in [0.1, 0.15) is 35.8 Å². The smallest absolute Gasteiger partial charge is 0.271 e. The minimum atomic E-state index is -0.385. The second-order valence-electron chi connectivity index (χ2n) is 6.27. The highest BCUT2D eigenvalue weighted by Gasteiger charge is 2.15. The Kier molecular flexibility index (Phi) is 5.24. The number of hydrogen-bond donors (Lipinski definition) is 1. The van der Waals surface area contributed by atoms with Gasteiger partial charge in [-0.25, -0.2) is 19.3 Å². The van der Waals surface area contributed by atoms with Crippen molar-refractivity contribution in [3.8, 4) is 5.82 Å². The highest BCUT2D eigenvalue weighted by molar-refractivity contribution is 5.92. The van der Waals surface area contributed by atoms with Crippen molar-refractivity contribution >= 4 is 11.7 Å². The number of ether oxygens (including phenoxy) is 1. The van der Waals surface area contributed by atoms with Crippen molar-refractivity contribution in [1.29, 1.82) is 0 Å². The monoisotopic (exact) mass is 382 g/mol. The van der Waals surface area contributed by atoms with Crippen LogP contribution in [0, 0.1) is 5.82 Å². The van der Waals surface area contributed by atoms with Crippen molar-refractivity contribution in [3.05, 3.63) is 66.3 Å². The number of rotatable bonds is 5. The van der Waals surface area contributed by atoms with Crippen LogP contribution in [0.15, 0.2) is 49.2 Å². The Labute approximate surface area is 161 Å². The third-order valence-corrected chi connectivity index (χ3v) is 4.45. The lowest BCUT2D eigenvalue weighted by Gasteiger charge is -2.27. The number of benzene rings is 1. The summed E-state index contributed by atoms with van der Waals surface area (Å²) in [5, 5.41) is 2.67. The molecule has 1 aliphatic rings. The molecule has 144 valence electrons. The van der Waals surface area contributed by atoms with Crippen LogP contribution in [0.25, 0.3) is 5.82 Å². The number of imidazole rings is 1. The van der Waals surface area contributed by atoms with Crippen molar-refractivity contribution in [1.82, 2.24) is 24.8 Å². The molecule has 1 fully saturated rings. The maximum absolute atomic E-state index is 13.7. The first-order valence-electron chi connectivity index (χ1n) is 8.91. The molecule has 1 N–H and O–H groups in total. The second-order valence-corrected chi connectivity index (χ2v) is 6.27. The summed E-state index contributed by atoms with van der Waals surface area (Å²) in [6, 6.07) is 8.16. The first-order valence-corrected chi connectivity index (χ1v) is 8.91. The number of carbonyl (C=O) groups is 1. The fraction of sp³-hybridized carbons (Fsp3) is 0.263. The van der Waals surface area contributed by atoms with Crippen molar-refractivity contribution in [2.75, 3.05) is 31.2 Å². The van der Waals surface area contributed by atoms with E-state index in [0.717, 1.165) is 18.9 Å². The Hall–Kier alpha value is -3.33. The van der Waals surface area contributed by atoms with Crippen LogP contribution in [0.1, 0.15) is 16.1 Å². The van der Waals surface area contributed by atoms with Gasteiger partial charge in [0.15, 0.2) is 0 Å². The quantitative estimate of drug-likeness (QED) is 0.721. The molecule has 0 aliphatic carbocycles. The first kappa shape index (κ1) is 18.1. The SMILES string of the molecule is O=C(NCc1ccccc1F)c1cn(-c2cc(N3CCOCC3)ncn2)cn1. The van der Waals surface area contributed by atoms with Crippen LogP contribution in [-0.2, 0) is 11.3 Å². The van der Waals surface area contributed by atoms with Gasteiger partial charge in [-0.05, 0) is 6.07 Å². The van der Waals surface area contributed by atoms with Crippen LogP contribution >= 0.6 is 0 Å². The lowest BCUT2D eigenvalue weighted by atomic mass is 10.2. The molecule has 4 rings (SSSR count). The highest BCUT2D eigenvalue weighted by atomic mass is 19.1. The van der Waals surface area contributed by atoms with Crippen LogP contribution in [0.4, 0.5) is 10.2 Å². The van der Waals surface area contributed by atoms with Crippen molar-refractivity contribution in [3.63, 3.8) is 0 Å². The van der Waals surface area contributed by atoms with E-state index in [4.69, 9.17) is 4.74 Å². The summed E-state index contributed by atoms with van der Waals surface area (Å²) in [4.78, 5) is 27.1. The molecule has 0 spiro atoms. The van der Waals surface area contributed by atoms with E-state index >= 15 is 0 Å². The second kappa shape index (κ2) is 8.13. The Morgan fingerprint density at radius 1 is 1.14 bits per heavy atom. The van der Waals surface area contributed by atoms with Gasteiger partial charge in [0.25, 0.3) is 5.91 Å². The molecule has 3 aromatic rings. The predicted molar refractivity (Wildman–Crippen MR) is 99.8 cm³/mol. The van der Waals surface area contributed by atoms with E-state index in [1.165, 1.54) is 18.7 Å². The van der Waals surface area contributed by atoms with Gasteiger partial charge in [0.2, 0.25) is 0 Å². The third kappa shape index (κ3) is 3.99. The Balaban J connectivity index is 1.45. The van der Waals surface area contributed by atoms with Gasteiger partial charge in [-0.1, -0.05) is 18.2 Å². The number of nitrogens with one attached hydrogen (secondary N) is 1. The summed E-state index contributed by atoms with van der Waals surface area (Å²) < 4.78 is 20.7. The predicted octanol–water partition coefficient (Wildman–Crippen LogP) is 1.57. The number of halogens is 1. The molecule has 8 nitrogen and oxygen atoms in total. The topological polar surface area (TPSA) is 85.2 Å². The molecular formula is C19H19FN6O2. The summed E-state index contributed by atoms with van der Waals surface area (Å²) in [5.74, 6) is 0.666. The van der Waals surface area contributed by atoms with Crippen LogP contribution in [0.3, 0.4) is 0 Å². The van der Waals surface area contributed by atoms with E-state index in [0.29, 0.717) is 24.6 Å². The van der Waals surface area contributed by atoms with Crippen molar-refractivity contribution in [2.45, 2.75) is 6.54 Å². The number of anilines is 1. The maximum Gasteiger partial charge on any atom is 0.271 e. The van der Waals surface area contributed by atoms with Gasteiger partial charge in [-0.15, -0.1) is 0 Å². The van der Waals surface area contributed by atoms with E-state index < -0.39 is 0 Å². The molecular weight excluding hydrogens is 363 g/mol. The molecule has 0 radical (unpaired) electrons. The van der Waals surface area contributed by atoms with Crippen LogP contribution in [0.2, 0.25) is 0 Å². The number of hydrogen-bond acceptors (Lipinski definition) is 6. The minimum Gasteiger partial charge on any atom is -0.378 e. The van der Waals surface area contributed by atoms with Crippen LogP contribution in [0.5, 0.6) is 0 Å². The van der Waals surface area contributed by atoms with E-state index in [1.807, 2.05) is 6.07 Å². The molecule has 1 amide bonds. The van der Waals surface area contributed by atoms with Gasteiger partial charge >= 0.3 is 0 Å². The Bertz CT molecular complexity index is 970. The van der Waals surface area contributed by atoms with Crippen molar-refractivity contribution in [2.24, 2.45) is 0 Å². The lowest BCUT2D eigenvalue weighted by Crippen LogP contribution is -2.36. The minimum absolute atomic E-state index is 0.0903. The van der Waals surface area contributed by atoms with Crippen LogP contribution in [-0.4, -0.2) is 51.7 Å². The molecule has 1 aliphatic heterocycles. The summed E-state index contributed by atoms with van der Waals surface area (Å²) in [5.41, 5.74) is 0.643. The zero-order chi connectivity index (χ0) is 19.3. The molecule has 0 unspecified atom stereocenters. The molecule has 1 aromatic carbocycles. The number of morpholine rings is 1. The van der Waals surface area contributed by atoms with Gasteiger partial charge < -0.3 is 15.0 Å². The average molecular weight is 382 g/mol. The summed E-state index contributed by atoms with van der Waals surface area (Å²) >= 11 is 0. The largest absolute Gasteiger partial charge is 0.378 e.